The third-order valence-electron chi connectivity index (χ3n) is 5.12. The van der Waals surface area contributed by atoms with Gasteiger partial charge in [0.25, 0.3) is 5.69 Å². The number of hydrogen-bond acceptors (Lipinski definition) is 11. The maximum atomic E-state index is 13.1. The molecule has 0 fully saturated rings. The molecule has 1 aliphatic rings. The van der Waals surface area contributed by atoms with Gasteiger partial charge in [0.2, 0.25) is 0 Å². The molecule has 1 aromatic heterocycles. The van der Waals surface area contributed by atoms with Crippen LogP contribution in [-0.2, 0) is 23.8 Å². The van der Waals surface area contributed by atoms with E-state index in [0.717, 1.165) is 0 Å². The van der Waals surface area contributed by atoms with Crippen LogP contribution in [-0.4, -0.2) is 53.1 Å². The summed E-state index contributed by atoms with van der Waals surface area (Å²) in [6.07, 6.45) is 3.98. The van der Waals surface area contributed by atoms with Crippen LogP contribution < -0.4 is 5.32 Å². The highest BCUT2D eigenvalue weighted by molar-refractivity contribution is 6.00. The van der Waals surface area contributed by atoms with E-state index in [-0.39, 0.29) is 35.7 Å². The van der Waals surface area contributed by atoms with Gasteiger partial charge in [-0.3, -0.25) is 15.1 Å². The Labute approximate surface area is 199 Å². The molecule has 1 atom stereocenters. The monoisotopic (exact) mass is 482 g/mol. The van der Waals surface area contributed by atoms with Gasteiger partial charge in [-0.15, -0.1) is 0 Å². The van der Waals surface area contributed by atoms with Crippen LogP contribution in [0.25, 0.3) is 0 Å². The molecule has 2 heterocycles. The number of nitrogens with zero attached hydrogens (tertiary/aromatic N) is 3. The summed E-state index contributed by atoms with van der Waals surface area (Å²) >= 11 is 0. The second-order valence-corrected chi connectivity index (χ2v) is 7.34. The molecule has 0 saturated carbocycles. The molecule has 182 valence electrons. The first kappa shape index (κ1) is 25.0. The topological polar surface area (TPSA) is 160 Å². The van der Waals surface area contributed by atoms with E-state index in [1.165, 1.54) is 43.9 Å². The standard InChI is InChI=1S/C23H22N4O8/c1-13-18(22(29)33-3)20(15-5-4-6-16(11-15)27(31)32)19(14(2)26-13)23(30)35-10-9-34-21(28)17-12-24-7-8-25-17/h4-8,11-12,20,26H,9-10H2,1-3H3. The number of non-ortho nitro benzene ring substituents is 1. The first-order valence-corrected chi connectivity index (χ1v) is 10.4. The Morgan fingerprint density at radius 1 is 1.03 bits per heavy atom. The van der Waals surface area contributed by atoms with Gasteiger partial charge in [0.1, 0.15) is 13.2 Å². The van der Waals surface area contributed by atoms with Crippen LogP contribution in [0.15, 0.2) is 65.4 Å². The Morgan fingerprint density at radius 3 is 2.29 bits per heavy atom. The van der Waals surface area contributed by atoms with E-state index in [1.807, 2.05) is 0 Å². The minimum absolute atomic E-state index is 0.00271. The van der Waals surface area contributed by atoms with Crippen molar-refractivity contribution in [1.29, 1.82) is 0 Å². The number of benzene rings is 1. The molecule has 12 heteroatoms. The van der Waals surface area contributed by atoms with Crippen molar-refractivity contribution < 1.29 is 33.5 Å². The highest BCUT2D eigenvalue weighted by Crippen LogP contribution is 2.40. The predicted octanol–water partition coefficient (Wildman–Crippen LogP) is 2.19. The molecule has 0 aliphatic carbocycles. The summed E-state index contributed by atoms with van der Waals surface area (Å²) in [5, 5.41) is 14.3. The summed E-state index contributed by atoms with van der Waals surface area (Å²) in [5.74, 6) is -3.22. The maximum absolute atomic E-state index is 13.1. The van der Waals surface area contributed by atoms with Gasteiger partial charge in [0.05, 0.1) is 35.3 Å². The second-order valence-electron chi connectivity index (χ2n) is 7.34. The summed E-state index contributed by atoms with van der Waals surface area (Å²) in [4.78, 5) is 56.0. The van der Waals surface area contributed by atoms with Gasteiger partial charge in [0.15, 0.2) is 5.69 Å². The molecule has 12 nitrogen and oxygen atoms in total. The molecule has 1 aliphatic heterocycles. The van der Waals surface area contributed by atoms with Crippen LogP contribution in [0.2, 0.25) is 0 Å². The Bertz CT molecular complexity index is 1220. The number of allylic oxidation sites excluding steroid dienone is 2. The molecule has 0 bridgehead atoms. The Kier molecular flexibility index (Phi) is 7.87. The van der Waals surface area contributed by atoms with E-state index < -0.39 is 28.7 Å². The number of carbonyl (C=O) groups is 3. The summed E-state index contributed by atoms with van der Waals surface area (Å²) < 4.78 is 15.2. The maximum Gasteiger partial charge on any atom is 0.358 e. The second kappa shape index (κ2) is 11.0. The van der Waals surface area contributed by atoms with Gasteiger partial charge < -0.3 is 19.5 Å². The smallest absolute Gasteiger partial charge is 0.358 e. The normalized spacial score (nSPS) is 15.2. The highest BCUT2D eigenvalue weighted by atomic mass is 16.6. The van der Waals surface area contributed by atoms with Crippen LogP contribution in [0.1, 0.15) is 35.8 Å². The number of rotatable bonds is 8. The predicted molar refractivity (Wildman–Crippen MR) is 120 cm³/mol. The van der Waals surface area contributed by atoms with Gasteiger partial charge in [0, 0.05) is 35.9 Å². The fraction of sp³-hybridized carbons (Fsp3) is 0.261. The zero-order valence-electron chi connectivity index (χ0n) is 19.1. The van der Waals surface area contributed by atoms with Gasteiger partial charge in [-0.05, 0) is 19.4 Å². The highest BCUT2D eigenvalue weighted by Gasteiger charge is 2.38. The van der Waals surface area contributed by atoms with E-state index in [4.69, 9.17) is 14.2 Å². The Hall–Kier alpha value is -4.61. The molecule has 0 saturated heterocycles. The number of carbonyl (C=O) groups excluding carboxylic acids is 3. The molecule has 1 N–H and O–H groups in total. The fourth-order valence-corrected chi connectivity index (χ4v) is 3.62. The lowest BCUT2D eigenvalue weighted by atomic mass is 9.80. The van der Waals surface area contributed by atoms with Crippen molar-refractivity contribution >= 4 is 23.6 Å². The number of dihydropyridines is 1. The zero-order valence-corrected chi connectivity index (χ0v) is 19.1. The average Bonchev–Trinajstić information content (AvgIpc) is 2.86. The summed E-state index contributed by atoms with van der Waals surface area (Å²) in [6, 6.07) is 5.63. The minimum Gasteiger partial charge on any atom is -0.466 e. The van der Waals surface area contributed by atoms with E-state index in [2.05, 4.69) is 15.3 Å². The van der Waals surface area contributed by atoms with Gasteiger partial charge in [-0.1, -0.05) is 12.1 Å². The summed E-state index contributed by atoms with van der Waals surface area (Å²) in [7, 11) is 1.20. The Morgan fingerprint density at radius 2 is 1.69 bits per heavy atom. The van der Waals surface area contributed by atoms with Crippen LogP contribution in [0.3, 0.4) is 0 Å². The molecule has 0 spiro atoms. The molecule has 1 unspecified atom stereocenters. The quantitative estimate of drug-likeness (QED) is 0.193. The van der Waals surface area contributed by atoms with Crippen molar-refractivity contribution in [2.75, 3.05) is 20.3 Å². The van der Waals surface area contributed by atoms with Crippen molar-refractivity contribution in [3.63, 3.8) is 0 Å². The van der Waals surface area contributed by atoms with Crippen molar-refractivity contribution in [2.45, 2.75) is 19.8 Å². The van der Waals surface area contributed by atoms with Gasteiger partial charge in [-0.2, -0.15) is 0 Å². The number of aromatic nitrogens is 2. The third kappa shape index (κ3) is 5.66. The van der Waals surface area contributed by atoms with Crippen molar-refractivity contribution in [1.82, 2.24) is 15.3 Å². The summed E-state index contributed by atoms with van der Waals surface area (Å²) in [6.45, 7) is 2.72. The minimum atomic E-state index is -0.988. The van der Waals surface area contributed by atoms with Crippen LogP contribution in [0, 0.1) is 10.1 Å². The molecular formula is C23H22N4O8. The van der Waals surface area contributed by atoms with E-state index in [0.29, 0.717) is 17.0 Å². The molecule has 1 aromatic carbocycles. The lowest BCUT2D eigenvalue weighted by molar-refractivity contribution is -0.384. The van der Waals surface area contributed by atoms with Gasteiger partial charge >= 0.3 is 17.9 Å². The average molecular weight is 482 g/mol. The number of esters is 3. The van der Waals surface area contributed by atoms with E-state index in [9.17, 15) is 24.5 Å². The molecule has 3 rings (SSSR count). The van der Waals surface area contributed by atoms with Crippen molar-refractivity contribution in [3.05, 3.63) is 86.8 Å². The van der Waals surface area contributed by atoms with Crippen molar-refractivity contribution in [3.8, 4) is 0 Å². The Balaban J connectivity index is 1.83. The fourth-order valence-electron chi connectivity index (χ4n) is 3.62. The molecule has 2 aromatic rings. The molecular weight excluding hydrogens is 460 g/mol. The number of nitrogens with one attached hydrogen (secondary N) is 1. The SMILES string of the molecule is COC(=O)C1=C(C)NC(C)=C(C(=O)OCCOC(=O)c2cnccn2)C1c1cccc([N+](=O)[O-])c1. The van der Waals surface area contributed by atoms with Crippen molar-refractivity contribution in [2.24, 2.45) is 0 Å². The van der Waals surface area contributed by atoms with Crippen LogP contribution >= 0.6 is 0 Å². The summed E-state index contributed by atoms with van der Waals surface area (Å²) in [5.41, 5.74) is 1.14. The lowest BCUT2D eigenvalue weighted by Gasteiger charge is -2.30. The first-order valence-electron chi connectivity index (χ1n) is 10.4. The first-order chi connectivity index (χ1) is 16.7. The van der Waals surface area contributed by atoms with Crippen LogP contribution in [0.5, 0.6) is 0 Å². The van der Waals surface area contributed by atoms with E-state index in [1.54, 1.807) is 19.9 Å². The number of hydrogen-bond donors (Lipinski definition) is 1. The largest absolute Gasteiger partial charge is 0.466 e. The van der Waals surface area contributed by atoms with Crippen LogP contribution in [0.4, 0.5) is 5.69 Å². The number of methoxy groups -OCH3 is 1. The van der Waals surface area contributed by atoms with Gasteiger partial charge in [-0.25, -0.2) is 19.4 Å². The molecule has 35 heavy (non-hydrogen) atoms. The molecule has 0 amide bonds. The number of nitro benzene ring substituents is 1. The molecule has 0 radical (unpaired) electrons. The number of nitro groups is 1. The zero-order chi connectivity index (χ0) is 25.5. The van der Waals surface area contributed by atoms with E-state index >= 15 is 0 Å². The third-order valence-corrected chi connectivity index (χ3v) is 5.12. The lowest BCUT2D eigenvalue weighted by Crippen LogP contribution is -2.32. The number of ether oxygens (including phenoxy) is 3.